The van der Waals surface area contributed by atoms with E-state index < -0.39 is 0 Å². The molecule has 0 aliphatic carbocycles. The van der Waals surface area contributed by atoms with E-state index in [1.165, 1.54) is 0 Å². The zero-order chi connectivity index (χ0) is 12.1. The Kier molecular flexibility index (Phi) is 3.81. The molecule has 0 bridgehead atoms. The summed E-state index contributed by atoms with van der Waals surface area (Å²) in [7, 11) is 0. The van der Waals surface area contributed by atoms with Crippen molar-refractivity contribution in [2.45, 2.75) is 19.8 Å². The fourth-order valence-electron chi connectivity index (χ4n) is 1.70. The topological polar surface area (TPSA) is 35.5 Å². The highest BCUT2D eigenvalue weighted by Gasteiger charge is 2.09. The molecule has 0 fully saturated rings. The monoisotopic (exact) mass is 232 g/mol. The summed E-state index contributed by atoms with van der Waals surface area (Å²) in [5.41, 5.74) is 1.75. The van der Waals surface area contributed by atoms with Gasteiger partial charge in [-0.3, -0.25) is 4.79 Å². The lowest BCUT2D eigenvalue weighted by molar-refractivity contribution is -0.104. The Balaban J connectivity index is 2.29. The quantitative estimate of drug-likeness (QED) is 0.593. The molecule has 1 aliphatic rings. The van der Waals surface area contributed by atoms with Crippen LogP contribution < -0.4 is 9.47 Å². The summed E-state index contributed by atoms with van der Waals surface area (Å²) >= 11 is 0. The van der Waals surface area contributed by atoms with Crippen LogP contribution in [0, 0.1) is 0 Å². The van der Waals surface area contributed by atoms with Crippen molar-refractivity contribution in [3.8, 4) is 11.5 Å². The summed E-state index contributed by atoms with van der Waals surface area (Å²) in [4.78, 5) is 10.8. The van der Waals surface area contributed by atoms with Crippen molar-refractivity contribution >= 4 is 12.4 Å². The van der Waals surface area contributed by atoms with Crippen LogP contribution in [0.25, 0.3) is 6.08 Å². The van der Waals surface area contributed by atoms with Gasteiger partial charge in [-0.25, -0.2) is 0 Å². The molecule has 1 aromatic rings. The molecule has 1 aromatic carbocycles. The molecule has 0 saturated carbocycles. The van der Waals surface area contributed by atoms with E-state index in [-0.39, 0.29) is 0 Å². The number of ether oxygens (including phenoxy) is 2. The van der Waals surface area contributed by atoms with Crippen LogP contribution in [0.4, 0.5) is 0 Å². The number of allylic oxidation sites excluding steroid dienone is 1. The number of aldehydes is 1. The first-order chi connectivity index (χ1) is 8.33. The summed E-state index contributed by atoms with van der Waals surface area (Å²) in [5.74, 6) is 1.54. The number of carbonyl (C=O) groups is 1. The molecule has 3 nitrogen and oxygen atoms in total. The predicted octanol–water partition coefficient (Wildman–Crippen LogP) is 2.84. The average molecular weight is 232 g/mol. The number of benzene rings is 1. The minimum absolute atomic E-state index is 0.675. The summed E-state index contributed by atoms with van der Waals surface area (Å²) < 4.78 is 11.1. The molecule has 0 aromatic heterocycles. The molecular weight excluding hydrogens is 216 g/mol. The van der Waals surface area contributed by atoms with Crippen molar-refractivity contribution in [2.24, 2.45) is 0 Å². The van der Waals surface area contributed by atoms with Crippen molar-refractivity contribution in [3.05, 3.63) is 29.3 Å². The zero-order valence-corrected chi connectivity index (χ0v) is 9.94. The van der Waals surface area contributed by atoms with Crippen LogP contribution in [0.5, 0.6) is 11.5 Å². The molecule has 2 rings (SSSR count). The highest BCUT2D eigenvalue weighted by Crippen LogP contribution is 2.31. The van der Waals surface area contributed by atoms with E-state index >= 15 is 0 Å². The highest BCUT2D eigenvalue weighted by molar-refractivity contribution is 5.81. The lowest BCUT2D eigenvalue weighted by Gasteiger charge is -2.07. The third kappa shape index (κ3) is 2.87. The summed E-state index contributed by atoms with van der Waals surface area (Å²) in [6, 6.07) is 5.75. The summed E-state index contributed by atoms with van der Waals surface area (Å²) in [5, 5.41) is 0. The molecule has 17 heavy (non-hydrogen) atoms. The smallest absolute Gasteiger partial charge is 0.161 e. The second-order valence-corrected chi connectivity index (χ2v) is 3.95. The van der Waals surface area contributed by atoms with Crippen LogP contribution in [-0.2, 0) is 4.79 Å². The van der Waals surface area contributed by atoms with Gasteiger partial charge < -0.3 is 9.47 Å². The number of fused-ring (bicyclic) bond motifs is 1. The fraction of sp³-hybridized carbons (Fsp3) is 0.357. The van der Waals surface area contributed by atoms with Crippen LogP contribution in [0.15, 0.2) is 23.8 Å². The molecule has 90 valence electrons. The van der Waals surface area contributed by atoms with Gasteiger partial charge >= 0.3 is 0 Å². The van der Waals surface area contributed by atoms with E-state index in [9.17, 15) is 4.79 Å². The first-order valence-corrected chi connectivity index (χ1v) is 5.89. The Morgan fingerprint density at radius 3 is 2.76 bits per heavy atom. The number of rotatable bonds is 3. The van der Waals surface area contributed by atoms with Gasteiger partial charge in [-0.1, -0.05) is 13.0 Å². The van der Waals surface area contributed by atoms with Crippen LogP contribution in [-0.4, -0.2) is 19.5 Å². The molecule has 0 N–H and O–H groups in total. The first kappa shape index (κ1) is 11.7. The van der Waals surface area contributed by atoms with Crippen LogP contribution in [0.1, 0.15) is 25.3 Å². The maximum atomic E-state index is 10.8. The predicted molar refractivity (Wildman–Crippen MR) is 66.4 cm³/mol. The van der Waals surface area contributed by atoms with Gasteiger partial charge in [0.15, 0.2) is 11.5 Å². The van der Waals surface area contributed by atoms with E-state index in [0.717, 1.165) is 41.8 Å². The lowest BCUT2D eigenvalue weighted by atomic mass is 10.1. The number of hydrogen-bond donors (Lipinski definition) is 0. The Morgan fingerprint density at radius 2 is 2.06 bits per heavy atom. The van der Waals surface area contributed by atoms with Gasteiger partial charge in [0, 0.05) is 6.42 Å². The van der Waals surface area contributed by atoms with Gasteiger partial charge in [0.2, 0.25) is 0 Å². The maximum absolute atomic E-state index is 10.8. The first-order valence-electron chi connectivity index (χ1n) is 5.89. The van der Waals surface area contributed by atoms with E-state index in [1.807, 2.05) is 31.2 Å². The summed E-state index contributed by atoms with van der Waals surface area (Å²) in [6.45, 7) is 3.33. The van der Waals surface area contributed by atoms with Gasteiger partial charge in [-0.2, -0.15) is 0 Å². The van der Waals surface area contributed by atoms with Crippen molar-refractivity contribution in [1.82, 2.24) is 0 Å². The fourth-order valence-corrected chi connectivity index (χ4v) is 1.70. The zero-order valence-electron chi connectivity index (χ0n) is 9.94. The molecule has 1 heterocycles. The van der Waals surface area contributed by atoms with Gasteiger partial charge in [-0.05, 0) is 35.8 Å². The number of hydrogen-bond acceptors (Lipinski definition) is 3. The minimum Gasteiger partial charge on any atom is -0.490 e. The Labute approximate surface area is 101 Å². The highest BCUT2D eigenvalue weighted by atomic mass is 16.5. The number of carbonyl (C=O) groups excluding carboxylic acids is 1. The normalized spacial score (nSPS) is 15.2. The molecule has 0 unspecified atom stereocenters. The van der Waals surface area contributed by atoms with Gasteiger partial charge in [-0.15, -0.1) is 0 Å². The average Bonchev–Trinajstić information content (AvgIpc) is 2.60. The molecule has 0 saturated heterocycles. The van der Waals surface area contributed by atoms with Crippen LogP contribution in [0.2, 0.25) is 0 Å². The van der Waals surface area contributed by atoms with E-state index in [0.29, 0.717) is 13.2 Å². The van der Waals surface area contributed by atoms with E-state index in [2.05, 4.69) is 0 Å². The molecule has 0 spiro atoms. The molecule has 0 amide bonds. The lowest BCUT2D eigenvalue weighted by Crippen LogP contribution is -1.97. The third-order valence-electron chi connectivity index (χ3n) is 2.68. The second kappa shape index (κ2) is 5.53. The molecule has 3 heteroatoms. The van der Waals surface area contributed by atoms with Gasteiger partial charge in [0.25, 0.3) is 0 Å². The molecule has 0 atom stereocenters. The van der Waals surface area contributed by atoms with Crippen molar-refractivity contribution in [3.63, 3.8) is 0 Å². The second-order valence-electron chi connectivity index (χ2n) is 3.95. The summed E-state index contributed by atoms with van der Waals surface area (Å²) in [6.07, 6.45) is 4.40. The molecule has 0 radical (unpaired) electrons. The van der Waals surface area contributed by atoms with Gasteiger partial charge in [0.1, 0.15) is 6.29 Å². The SMILES string of the molecule is CCC(C=O)=Cc1ccc2c(c1)OCCCO2. The minimum atomic E-state index is 0.675. The van der Waals surface area contributed by atoms with Crippen LogP contribution in [0.3, 0.4) is 0 Å². The molecule has 1 aliphatic heterocycles. The third-order valence-corrected chi connectivity index (χ3v) is 2.68. The van der Waals surface area contributed by atoms with Crippen molar-refractivity contribution in [1.29, 1.82) is 0 Å². The Bertz CT molecular complexity index is 435. The van der Waals surface area contributed by atoms with Crippen molar-refractivity contribution in [2.75, 3.05) is 13.2 Å². The van der Waals surface area contributed by atoms with Crippen LogP contribution >= 0.6 is 0 Å². The van der Waals surface area contributed by atoms with Gasteiger partial charge in [0.05, 0.1) is 13.2 Å². The van der Waals surface area contributed by atoms with E-state index in [4.69, 9.17) is 9.47 Å². The van der Waals surface area contributed by atoms with Crippen molar-refractivity contribution < 1.29 is 14.3 Å². The maximum Gasteiger partial charge on any atom is 0.161 e. The standard InChI is InChI=1S/C14H16O3/c1-2-11(10-15)8-12-4-5-13-14(9-12)17-7-3-6-16-13/h4-5,8-10H,2-3,6-7H2,1H3. The molecular formula is C14H16O3. The largest absolute Gasteiger partial charge is 0.490 e. The Hall–Kier alpha value is -1.77. The van der Waals surface area contributed by atoms with E-state index in [1.54, 1.807) is 0 Å². The Morgan fingerprint density at radius 1 is 1.29 bits per heavy atom.